The maximum Gasteiger partial charge on any atom is 0.237 e. The Morgan fingerprint density at radius 1 is 1.25 bits per heavy atom. The average Bonchev–Trinajstić information content (AvgIpc) is 2.89. The van der Waals surface area contributed by atoms with Gasteiger partial charge in [0, 0.05) is 5.69 Å². The van der Waals surface area contributed by atoms with E-state index in [0.717, 1.165) is 16.8 Å². The number of nitrogens with one attached hydrogen (secondary N) is 1. The van der Waals surface area contributed by atoms with Crippen molar-refractivity contribution in [1.29, 1.82) is 0 Å². The van der Waals surface area contributed by atoms with Crippen LogP contribution < -0.4 is 11.2 Å². The third-order valence-corrected chi connectivity index (χ3v) is 5.34. The first-order valence-corrected chi connectivity index (χ1v) is 9.77. The summed E-state index contributed by atoms with van der Waals surface area (Å²) in [7, 11) is 0. The second kappa shape index (κ2) is 7.94. The van der Waals surface area contributed by atoms with Crippen molar-refractivity contribution < 1.29 is 4.79 Å². The average molecular weight is 366 g/mol. The van der Waals surface area contributed by atoms with E-state index in [1.54, 1.807) is 0 Å². The molecule has 0 saturated heterocycles. The number of nitrogens with zero attached hydrogens (tertiary/aromatic N) is 3. The van der Waals surface area contributed by atoms with Crippen LogP contribution in [0.15, 0.2) is 28.5 Å². The van der Waals surface area contributed by atoms with E-state index in [-0.39, 0.29) is 11.2 Å². The first-order chi connectivity index (χ1) is 11.3. The van der Waals surface area contributed by atoms with Gasteiger partial charge in [0.15, 0.2) is 0 Å². The van der Waals surface area contributed by atoms with Gasteiger partial charge in [0.2, 0.25) is 16.2 Å². The van der Waals surface area contributed by atoms with Gasteiger partial charge in [-0.3, -0.25) is 4.79 Å². The quantitative estimate of drug-likeness (QED) is 0.604. The maximum absolute atomic E-state index is 12.6. The van der Waals surface area contributed by atoms with Gasteiger partial charge in [-0.05, 0) is 37.1 Å². The summed E-state index contributed by atoms with van der Waals surface area (Å²) in [6.07, 6.45) is 1.88. The summed E-state index contributed by atoms with van der Waals surface area (Å²) in [5, 5.41) is 11.9. The van der Waals surface area contributed by atoms with Gasteiger partial charge < -0.3 is 11.2 Å². The van der Waals surface area contributed by atoms with Gasteiger partial charge in [-0.1, -0.05) is 55.6 Å². The molecule has 0 radical (unpaired) electrons. The molecule has 1 amide bonds. The minimum atomic E-state index is -0.342. The molecule has 130 valence electrons. The standard InChI is InChI=1S/C16H23N5OS2/c1-9(2)12-8-6-7-10(3)13(12)18-14(22)11(4)24-16-20-19-15(23-5)21(16)17/h6-9,11H,17H2,1-5H3,(H,18,22). The Kier molecular flexibility index (Phi) is 6.17. The topological polar surface area (TPSA) is 85.8 Å². The van der Waals surface area contributed by atoms with Gasteiger partial charge in [0.05, 0.1) is 5.25 Å². The molecule has 2 aromatic rings. The molecule has 0 aliphatic heterocycles. The van der Waals surface area contributed by atoms with E-state index in [1.165, 1.54) is 28.2 Å². The molecule has 0 saturated carbocycles. The predicted octanol–water partition coefficient (Wildman–Crippen LogP) is 3.26. The van der Waals surface area contributed by atoms with E-state index in [9.17, 15) is 4.79 Å². The summed E-state index contributed by atoms with van der Waals surface area (Å²) in [6.45, 7) is 8.06. The molecule has 1 unspecified atom stereocenters. The second-order valence-corrected chi connectivity index (χ2v) is 7.86. The number of rotatable bonds is 6. The van der Waals surface area contributed by atoms with Gasteiger partial charge in [0.1, 0.15) is 0 Å². The van der Waals surface area contributed by atoms with Crippen molar-refractivity contribution in [3.63, 3.8) is 0 Å². The Morgan fingerprint density at radius 2 is 1.92 bits per heavy atom. The van der Waals surface area contributed by atoms with Gasteiger partial charge >= 0.3 is 0 Å². The van der Waals surface area contributed by atoms with E-state index in [4.69, 9.17) is 5.84 Å². The minimum absolute atomic E-state index is 0.0788. The van der Waals surface area contributed by atoms with Crippen molar-refractivity contribution in [3.05, 3.63) is 29.3 Å². The third kappa shape index (κ3) is 4.05. The van der Waals surface area contributed by atoms with E-state index in [2.05, 4.69) is 29.4 Å². The zero-order valence-electron chi connectivity index (χ0n) is 14.5. The van der Waals surface area contributed by atoms with Crippen molar-refractivity contribution >= 4 is 35.1 Å². The molecule has 0 aliphatic rings. The normalized spacial score (nSPS) is 12.4. The van der Waals surface area contributed by atoms with Gasteiger partial charge in [-0.2, -0.15) is 0 Å². The fourth-order valence-corrected chi connectivity index (χ4v) is 3.50. The van der Waals surface area contributed by atoms with Crippen LogP contribution >= 0.6 is 23.5 Å². The summed E-state index contributed by atoms with van der Waals surface area (Å²) in [4.78, 5) is 12.6. The molecule has 2 rings (SSSR count). The lowest BCUT2D eigenvalue weighted by Crippen LogP contribution is -2.24. The lowest BCUT2D eigenvalue weighted by atomic mass is 9.98. The van der Waals surface area contributed by atoms with Crippen molar-refractivity contribution in [3.8, 4) is 0 Å². The number of hydrogen-bond acceptors (Lipinski definition) is 6. The van der Waals surface area contributed by atoms with Crippen molar-refractivity contribution in [2.75, 3.05) is 17.4 Å². The van der Waals surface area contributed by atoms with Crippen LogP contribution in [0.3, 0.4) is 0 Å². The highest BCUT2D eigenvalue weighted by Crippen LogP contribution is 2.29. The fraction of sp³-hybridized carbons (Fsp3) is 0.438. The monoisotopic (exact) mass is 365 g/mol. The molecule has 0 fully saturated rings. The van der Waals surface area contributed by atoms with Crippen molar-refractivity contribution in [1.82, 2.24) is 14.9 Å². The third-order valence-electron chi connectivity index (χ3n) is 3.64. The molecule has 1 aromatic heterocycles. The highest BCUT2D eigenvalue weighted by atomic mass is 32.2. The lowest BCUT2D eigenvalue weighted by Gasteiger charge is -2.18. The minimum Gasteiger partial charge on any atom is -0.335 e. The van der Waals surface area contributed by atoms with Crippen molar-refractivity contribution in [2.45, 2.75) is 49.2 Å². The number of hydrogen-bond donors (Lipinski definition) is 2. The molecular weight excluding hydrogens is 342 g/mol. The molecule has 0 aliphatic carbocycles. The second-order valence-electron chi connectivity index (χ2n) is 5.78. The lowest BCUT2D eigenvalue weighted by molar-refractivity contribution is -0.115. The number of nitrogen functional groups attached to an aromatic ring is 1. The van der Waals surface area contributed by atoms with Crippen LogP contribution in [0.25, 0.3) is 0 Å². The van der Waals surface area contributed by atoms with Crippen LogP contribution in [-0.2, 0) is 4.79 Å². The fourth-order valence-electron chi connectivity index (χ4n) is 2.26. The summed E-state index contributed by atoms with van der Waals surface area (Å²) < 4.78 is 1.41. The summed E-state index contributed by atoms with van der Waals surface area (Å²) in [5.41, 5.74) is 3.08. The number of aryl methyl sites for hydroxylation is 1. The molecule has 8 heteroatoms. The van der Waals surface area contributed by atoms with Crippen LogP contribution in [0, 0.1) is 6.92 Å². The zero-order chi connectivity index (χ0) is 17.9. The molecule has 3 N–H and O–H groups in total. The molecule has 1 heterocycles. The number of aromatic nitrogens is 3. The number of amides is 1. The molecule has 6 nitrogen and oxygen atoms in total. The number of carbonyl (C=O) groups is 1. The van der Waals surface area contributed by atoms with E-state index in [0.29, 0.717) is 16.2 Å². The number of para-hydroxylation sites is 1. The Bertz CT molecular complexity index is 729. The van der Waals surface area contributed by atoms with Gasteiger partial charge in [-0.25, -0.2) is 4.68 Å². The number of carbonyl (C=O) groups excluding carboxylic acids is 1. The number of anilines is 1. The Labute approximate surface area is 151 Å². The molecule has 1 atom stereocenters. The van der Waals surface area contributed by atoms with Crippen LogP contribution in [0.5, 0.6) is 0 Å². The van der Waals surface area contributed by atoms with Crippen LogP contribution in [-0.4, -0.2) is 32.3 Å². The Balaban J connectivity index is 2.13. The van der Waals surface area contributed by atoms with E-state index >= 15 is 0 Å². The van der Waals surface area contributed by atoms with Gasteiger partial charge in [-0.15, -0.1) is 10.2 Å². The highest BCUT2D eigenvalue weighted by Gasteiger charge is 2.21. The van der Waals surface area contributed by atoms with Crippen LogP contribution in [0.2, 0.25) is 0 Å². The Morgan fingerprint density at radius 3 is 2.50 bits per heavy atom. The Hall–Kier alpha value is -1.67. The molecule has 0 bridgehead atoms. The molecular formula is C16H23N5OS2. The maximum atomic E-state index is 12.6. The predicted molar refractivity (Wildman–Crippen MR) is 101 cm³/mol. The first-order valence-electron chi connectivity index (χ1n) is 7.66. The molecule has 1 aromatic carbocycles. The summed E-state index contributed by atoms with van der Waals surface area (Å²) in [5.74, 6) is 6.18. The number of benzene rings is 1. The largest absolute Gasteiger partial charge is 0.335 e. The molecule has 0 spiro atoms. The highest BCUT2D eigenvalue weighted by molar-refractivity contribution is 8.00. The van der Waals surface area contributed by atoms with E-state index < -0.39 is 0 Å². The number of nitrogens with two attached hydrogens (primary N) is 1. The van der Waals surface area contributed by atoms with Crippen LogP contribution in [0.4, 0.5) is 5.69 Å². The van der Waals surface area contributed by atoms with Gasteiger partial charge in [0.25, 0.3) is 0 Å². The SMILES string of the molecule is CSc1nnc(SC(C)C(=O)Nc2c(C)cccc2C(C)C)n1N. The van der Waals surface area contributed by atoms with Crippen molar-refractivity contribution in [2.24, 2.45) is 0 Å². The van der Waals surface area contributed by atoms with E-state index in [1.807, 2.05) is 38.3 Å². The smallest absolute Gasteiger partial charge is 0.237 e. The summed E-state index contributed by atoms with van der Waals surface area (Å²) in [6, 6.07) is 6.06. The first kappa shape index (κ1) is 18.7. The summed E-state index contributed by atoms with van der Waals surface area (Å²) >= 11 is 2.70. The zero-order valence-corrected chi connectivity index (χ0v) is 16.2. The molecule has 24 heavy (non-hydrogen) atoms. The van der Waals surface area contributed by atoms with Crippen LogP contribution in [0.1, 0.15) is 37.8 Å². The number of thioether (sulfide) groups is 2.